The average Bonchev–Trinajstić information content (AvgIpc) is 2.69. The van der Waals surface area contributed by atoms with Crippen molar-refractivity contribution in [2.45, 2.75) is 20.8 Å². The van der Waals surface area contributed by atoms with Crippen LogP contribution in [0, 0.1) is 0 Å². The van der Waals surface area contributed by atoms with E-state index in [9.17, 15) is 4.79 Å². The number of carbonyl (C=O) groups is 1. The van der Waals surface area contributed by atoms with Crippen molar-refractivity contribution in [3.63, 3.8) is 0 Å². The first-order valence-corrected chi connectivity index (χ1v) is 11.4. The molecule has 1 unspecified atom stereocenters. The molecule has 5 nitrogen and oxygen atoms in total. The number of halogens is 2. The first kappa shape index (κ1) is 27.3. The van der Waals surface area contributed by atoms with Gasteiger partial charge in [-0.15, -0.1) is 0 Å². The molecule has 0 bridgehead atoms. The van der Waals surface area contributed by atoms with Crippen LogP contribution in [-0.4, -0.2) is 57.4 Å². The predicted molar refractivity (Wildman–Crippen MR) is 124 cm³/mol. The third kappa shape index (κ3) is 7.43. The Morgan fingerprint density at radius 1 is 0.933 bits per heavy atom. The van der Waals surface area contributed by atoms with Gasteiger partial charge in [0.05, 0.1) is 47.3 Å². The second-order valence-corrected chi connectivity index (χ2v) is 8.27. The summed E-state index contributed by atoms with van der Waals surface area (Å²) in [6.45, 7) is 7.84. The van der Waals surface area contributed by atoms with Gasteiger partial charge in [0.1, 0.15) is 19.6 Å². The summed E-state index contributed by atoms with van der Waals surface area (Å²) in [5.74, 6) is 1.20. The number of ether oxygens (including phenoxy) is 3. The average molecular weight is 466 g/mol. The van der Waals surface area contributed by atoms with Crippen molar-refractivity contribution < 1.29 is 23.5 Å². The smallest absolute Gasteiger partial charge is 0.219 e. The van der Waals surface area contributed by atoms with Crippen molar-refractivity contribution in [3.05, 3.63) is 52.0 Å². The Morgan fingerprint density at radius 3 is 2.20 bits per heavy atom. The monoisotopic (exact) mass is 465 g/mol. The Morgan fingerprint density at radius 2 is 1.60 bits per heavy atom. The number of carbonyl (C=O) groups excluding carboxylic acids is 1. The molecule has 1 radical (unpaired) electrons. The summed E-state index contributed by atoms with van der Waals surface area (Å²) >= 11 is 12.6. The van der Waals surface area contributed by atoms with Gasteiger partial charge >= 0.3 is 0 Å². The van der Waals surface area contributed by atoms with Gasteiger partial charge in [0, 0.05) is 31.5 Å². The van der Waals surface area contributed by atoms with E-state index in [-0.39, 0.29) is 46.6 Å². The van der Waals surface area contributed by atoms with Crippen molar-refractivity contribution in [1.82, 2.24) is 0 Å². The second kappa shape index (κ2) is 14.3. The van der Waals surface area contributed by atoms with E-state index in [0.717, 1.165) is 0 Å². The molecule has 0 aliphatic rings. The van der Waals surface area contributed by atoms with Gasteiger partial charge in [0.15, 0.2) is 0 Å². The summed E-state index contributed by atoms with van der Waals surface area (Å²) in [6, 6.07) is 10.3. The molecule has 1 atom stereocenters. The molecular weight excluding hydrogens is 441 g/mol. The Kier molecular flexibility index (Phi) is 13.0. The third-order valence-electron chi connectivity index (χ3n) is 3.77. The molecule has 9 heteroatoms. The molecule has 2 aromatic carbocycles. The molecule has 0 aromatic heterocycles. The minimum Gasteiger partial charge on any atom is -0.494 e. The molecule has 2 rings (SSSR count). The Labute approximate surface area is 201 Å². The van der Waals surface area contributed by atoms with Crippen LogP contribution in [0.4, 0.5) is 0 Å². The molecule has 0 heterocycles. The van der Waals surface area contributed by atoms with E-state index >= 15 is 0 Å². The van der Waals surface area contributed by atoms with E-state index < -0.39 is 8.15 Å². The zero-order valence-corrected chi connectivity index (χ0v) is 20.2. The van der Waals surface area contributed by atoms with Crippen LogP contribution in [0.25, 0.3) is 0 Å². The summed E-state index contributed by atoms with van der Waals surface area (Å²) in [5, 5.41) is 1.21. The molecule has 0 saturated carbocycles. The molecule has 0 spiro atoms. The first-order chi connectivity index (χ1) is 14.0. The fraction of sp³-hybridized carbons (Fsp3) is 0.381. The summed E-state index contributed by atoms with van der Waals surface area (Å²) in [4.78, 5) is 13.4. The summed E-state index contributed by atoms with van der Waals surface area (Å²) in [5.41, 5.74) is -0.0353. The van der Waals surface area contributed by atoms with Crippen LogP contribution in [0.2, 0.25) is 10.0 Å². The van der Waals surface area contributed by atoms with Crippen molar-refractivity contribution in [2.24, 2.45) is 0 Å². The Balaban J connectivity index is 0.00000450. The molecule has 0 N–H and O–H groups in total. The fourth-order valence-corrected chi connectivity index (χ4v) is 4.98. The zero-order valence-electron chi connectivity index (χ0n) is 17.7. The van der Waals surface area contributed by atoms with Gasteiger partial charge in [-0.25, -0.2) is 0 Å². The van der Waals surface area contributed by atoms with Crippen LogP contribution in [0.3, 0.4) is 0 Å². The van der Waals surface area contributed by atoms with Gasteiger partial charge in [0.2, 0.25) is 5.52 Å². The molecular formula is C21H25Cl2LiO5P. The van der Waals surface area contributed by atoms with Crippen LogP contribution in [0.15, 0.2) is 36.4 Å². The topological polar surface area (TPSA) is 54.0 Å². The SMILES string of the molecule is CCOCCOP(C(=O)c1c(Cl)cccc1Cl)c1ccc(OCC)cc1OCC.[Li]. The number of rotatable bonds is 12. The second-order valence-electron chi connectivity index (χ2n) is 5.72. The van der Waals surface area contributed by atoms with E-state index in [2.05, 4.69) is 0 Å². The minimum atomic E-state index is -1.76. The summed E-state index contributed by atoms with van der Waals surface area (Å²) < 4.78 is 22.7. The van der Waals surface area contributed by atoms with Crippen molar-refractivity contribution in [2.75, 3.05) is 33.0 Å². The van der Waals surface area contributed by atoms with Crippen LogP contribution >= 0.6 is 31.4 Å². The van der Waals surface area contributed by atoms with Crippen LogP contribution in [-0.2, 0) is 9.26 Å². The largest absolute Gasteiger partial charge is 0.494 e. The van der Waals surface area contributed by atoms with Gasteiger partial charge < -0.3 is 18.7 Å². The Bertz CT molecular complexity index is 802. The molecule has 2 aromatic rings. The number of benzene rings is 2. The van der Waals surface area contributed by atoms with Gasteiger partial charge in [0.25, 0.3) is 0 Å². The molecule has 0 saturated heterocycles. The molecule has 30 heavy (non-hydrogen) atoms. The van der Waals surface area contributed by atoms with E-state index in [0.29, 0.717) is 43.2 Å². The molecule has 0 amide bonds. The maximum Gasteiger partial charge on any atom is 0.219 e. The summed E-state index contributed by atoms with van der Waals surface area (Å²) in [7, 11) is -1.76. The standard InChI is InChI=1S/C21H25Cl2O5P.Li/c1-4-25-12-13-28-29(21(24)20-16(22)8-7-9-17(20)23)19-11-10-15(26-5-2)14-18(19)27-6-3;/h7-11,14H,4-6,12-13H2,1-3H3;. The van der Waals surface area contributed by atoms with Crippen LogP contribution in [0.5, 0.6) is 11.5 Å². The molecule has 0 fully saturated rings. The zero-order chi connectivity index (χ0) is 21.2. The van der Waals surface area contributed by atoms with E-state index in [4.69, 9.17) is 41.9 Å². The van der Waals surface area contributed by atoms with Gasteiger partial charge in [-0.2, -0.15) is 0 Å². The van der Waals surface area contributed by atoms with Crippen LogP contribution < -0.4 is 14.8 Å². The van der Waals surface area contributed by atoms with Crippen LogP contribution in [0.1, 0.15) is 31.1 Å². The van der Waals surface area contributed by atoms with Gasteiger partial charge in [-0.05, 0) is 45.0 Å². The normalized spacial score (nSPS) is 11.5. The van der Waals surface area contributed by atoms with E-state index in [1.54, 1.807) is 36.4 Å². The number of hydrogen-bond donors (Lipinski definition) is 0. The summed E-state index contributed by atoms with van der Waals surface area (Å²) in [6.07, 6.45) is 0. The Hall–Kier alpha value is -0.763. The van der Waals surface area contributed by atoms with Gasteiger partial charge in [-0.1, -0.05) is 29.3 Å². The molecule has 0 aliphatic carbocycles. The van der Waals surface area contributed by atoms with E-state index in [1.165, 1.54) is 0 Å². The predicted octanol–water partition coefficient (Wildman–Crippen LogP) is 5.33. The minimum absolute atomic E-state index is 0. The molecule has 0 aliphatic heterocycles. The third-order valence-corrected chi connectivity index (χ3v) is 6.24. The maximum absolute atomic E-state index is 13.4. The maximum atomic E-state index is 13.4. The van der Waals surface area contributed by atoms with Crippen molar-refractivity contribution >= 4 is 61.0 Å². The van der Waals surface area contributed by atoms with Crippen molar-refractivity contribution in [3.8, 4) is 11.5 Å². The fourth-order valence-electron chi connectivity index (χ4n) is 2.56. The quantitative estimate of drug-likeness (QED) is 0.241. The van der Waals surface area contributed by atoms with E-state index in [1.807, 2.05) is 20.8 Å². The van der Waals surface area contributed by atoms with Crippen molar-refractivity contribution in [1.29, 1.82) is 0 Å². The molecule has 159 valence electrons. The van der Waals surface area contributed by atoms with Gasteiger partial charge in [-0.3, -0.25) is 4.79 Å². The number of hydrogen-bond acceptors (Lipinski definition) is 5. The first-order valence-electron chi connectivity index (χ1n) is 9.42.